The number of methoxy groups -OCH3 is 1. The molecule has 5 nitrogen and oxygen atoms in total. The molecule has 2 aromatic carbocycles. The van der Waals surface area contributed by atoms with Gasteiger partial charge in [0.1, 0.15) is 0 Å². The van der Waals surface area contributed by atoms with Crippen LogP contribution in [0.2, 0.25) is 0 Å². The van der Waals surface area contributed by atoms with Crippen molar-refractivity contribution < 1.29 is 14.6 Å². The van der Waals surface area contributed by atoms with E-state index in [1.54, 1.807) is 12.1 Å². The maximum absolute atomic E-state index is 11.6. The van der Waals surface area contributed by atoms with Crippen LogP contribution in [-0.2, 0) is 0 Å². The van der Waals surface area contributed by atoms with Gasteiger partial charge in [0.2, 0.25) is 0 Å². The van der Waals surface area contributed by atoms with Crippen LogP contribution in [0.5, 0.6) is 11.5 Å². The van der Waals surface area contributed by atoms with Gasteiger partial charge in [-0.25, -0.2) is 5.84 Å². The number of hydrogen-bond donors (Lipinski definition) is 3. The fraction of sp³-hybridized carbons (Fsp3) is 0.0714. The highest BCUT2D eigenvalue weighted by atomic mass is 16.5. The number of carbonyl (C=O) groups excluding carboxylic acids is 1. The van der Waals surface area contributed by atoms with Crippen molar-refractivity contribution >= 4 is 5.91 Å². The molecule has 2 rings (SSSR count). The van der Waals surface area contributed by atoms with Crippen LogP contribution in [0.4, 0.5) is 0 Å². The lowest BCUT2D eigenvalue weighted by molar-refractivity contribution is 0.0950. The molecule has 0 aliphatic heterocycles. The number of hydrazine groups is 1. The van der Waals surface area contributed by atoms with Gasteiger partial charge >= 0.3 is 0 Å². The van der Waals surface area contributed by atoms with E-state index < -0.39 is 5.91 Å². The number of ether oxygens (including phenoxy) is 1. The lowest BCUT2D eigenvalue weighted by Crippen LogP contribution is -2.30. The smallest absolute Gasteiger partial charge is 0.269 e. The molecule has 5 heteroatoms. The Labute approximate surface area is 110 Å². The fourth-order valence-electron chi connectivity index (χ4n) is 1.81. The van der Waals surface area contributed by atoms with Crippen molar-refractivity contribution in [3.8, 4) is 22.6 Å². The molecule has 0 fully saturated rings. The highest BCUT2D eigenvalue weighted by molar-refractivity contribution is 5.98. The van der Waals surface area contributed by atoms with Gasteiger partial charge in [0.25, 0.3) is 5.91 Å². The highest BCUT2D eigenvalue weighted by Gasteiger charge is 2.16. The molecule has 0 aliphatic carbocycles. The van der Waals surface area contributed by atoms with Gasteiger partial charge in [-0.3, -0.25) is 10.2 Å². The molecular weight excluding hydrogens is 244 g/mol. The van der Waals surface area contributed by atoms with Crippen molar-refractivity contribution in [1.29, 1.82) is 0 Å². The van der Waals surface area contributed by atoms with Crippen LogP contribution < -0.4 is 16.0 Å². The number of nitrogens with one attached hydrogen (secondary N) is 1. The molecule has 0 aliphatic rings. The molecule has 4 N–H and O–H groups in total. The van der Waals surface area contributed by atoms with Crippen LogP contribution in [-0.4, -0.2) is 18.1 Å². The monoisotopic (exact) mass is 258 g/mol. The minimum Gasteiger partial charge on any atom is -0.504 e. The average Bonchev–Trinajstić information content (AvgIpc) is 2.47. The second kappa shape index (κ2) is 5.41. The zero-order chi connectivity index (χ0) is 13.8. The Morgan fingerprint density at radius 2 is 1.89 bits per heavy atom. The van der Waals surface area contributed by atoms with Gasteiger partial charge in [0.15, 0.2) is 11.5 Å². The van der Waals surface area contributed by atoms with Gasteiger partial charge < -0.3 is 9.84 Å². The lowest BCUT2D eigenvalue weighted by Gasteiger charge is -2.11. The first-order chi connectivity index (χ1) is 9.17. The molecule has 19 heavy (non-hydrogen) atoms. The van der Waals surface area contributed by atoms with E-state index in [9.17, 15) is 9.90 Å². The summed E-state index contributed by atoms with van der Waals surface area (Å²) in [5, 5.41) is 9.92. The quantitative estimate of drug-likeness (QED) is 0.444. The summed E-state index contributed by atoms with van der Waals surface area (Å²) in [4.78, 5) is 11.6. The van der Waals surface area contributed by atoms with Crippen LogP contribution in [0.3, 0.4) is 0 Å². The number of carbonyl (C=O) groups is 1. The number of nitrogen functional groups attached to an aromatic ring is 1. The third-order valence-electron chi connectivity index (χ3n) is 2.78. The molecule has 1 amide bonds. The second-order valence-corrected chi connectivity index (χ2v) is 3.91. The van der Waals surface area contributed by atoms with E-state index in [1.807, 2.05) is 35.8 Å². The summed E-state index contributed by atoms with van der Waals surface area (Å²) < 4.78 is 5.07. The number of phenolic OH excluding ortho intramolecular Hbond substituents is 1. The summed E-state index contributed by atoms with van der Waals surface area (Å²) in [7, 11) is 1.42. The predicted molar refractivity (Wildman–Crippen MR) is 71.7 cm³/mol. The molecule has 0 atom stereocenters. The van der Waals surface area contributed by atoms with Gasteiger partial charge in [-0.2, -0.15) is 0 Å². The van der Waals surface area contributed by atoms with Crippen LogP contribution in [0.1, 0.15) is 10.4 Å². The Morgan fingerprint density at radius 3 is 2.47 bits per heavy atom. The van der Waals surface area contributed by atoms with Crippen molar-refractivity contribution in [2.45, 2.75) is 0 Å². The van der Waals surface area contributed by atoms with E-state index in [0.29, 0.717) is 0 Å². The number of nitrogens with two attached hydrogens (primary N) is 1. The number of amides is 1. The SMILES string of the molecule is COc1cc(-c2ccccc2)cc(C(=O)NN)c1O. The first kappa shape index (κ1) is 12.9. The third kappa shape index (κ3) is 2.51. The summed E-state index contributed by atoms with van der Waals surface area (Å²) in [5.41, 5.74) is 3.74. The lowest BCUT2D eigenvalue weighted by atomic mass is 10.0. The summed E-state index contributed by atoms with van der Waals surface area (Å²) >= 11 is 0. The van der Waals surface area contributed by atoms with E-state index >= 15 is 0 Å². The molecule has 0 bridgehead atoms. The molecule has 98 valence electrons. The minimum absolute atomic E-state index is 0.0701. The third-order valence-corrected chi connectivity index (χ3v) is 2.78. The van der Waals surface area contributed by atoms with E-state index in [-0.39, 0.29) is 17.1 Å². The normalized spacial score (nSPS) is 10.0. The average molecular weight is 258 g/mol. The first-order valence-electron chi connectivity index (χ1n) is 5.64. The van der Waals surface area contributed by atoms with Gasteiger partial charge in [-0.1, -0.05) is 30.3 Å². The van der Waals surface area contributed by atoms with Crippen LogP contribution in [0.25, 0.3) is 11.1 Å². The number of rotatable bonds is 3. The zero-order valence-electron chi connectivity index (χ0n) is 10.4. The fourth-order valence-corrected chi connectivity index (χ4v) is 1.81. The molecular formula is C14H14N2O3. The Balaban J connectivity index is 2.61. The molecule has 2 aromatic rings. The number of hydrogen-bond acceptors (Lipinski definition) is 4. The number of phenols is 1. The largest absolute Gasteiger partial charge is 0.504 e. The predicted octanol–water partition coefficient (Wildman–Crippen LogP) is 1.67. The molecule has 0 aromatic heterocycles. The maximum atomic E-state index is 11.6. The van der Waals surface area contributed by atoms with Crippen molar-refractivity contribution in [2.75, 3.05) is 7.11 Å². The molecule has 0 unspecified atom stereocenters. The number of aromatic hydroxyl groups is 1. The Hall–Kier alpha value is -2.53. The van der Waals surface area contributed by atoms with E-state index in [0.717, 1.165) is 11.1 Å². The Bertz CT molecular complexity index is 597. The van der Waals surface area contributed by atoms with Gasteiger partial charge in [-0.05, 0) is 23.3 Å². The first-order valence-corrected chi connectivity index (χ1v) is 5.64. The van der Waals surface area contributed by atoms with E-state index in [2.05, 4.69) is 0 Å². The number of benzene rings is 2. The van der Waals surface area contributed by atoms with E-state index in [4.69, 9.17) is 10.6 Å². The van der Waals surface area contributed by atoms with Gasteiger partial charge in [0.05, 0.1) is 12.7 Å². The Kier molecular flexibility index (Phi) is 3.68. The van der Waals surface area contributed by atoms with Crippen LogP contribution in [0, 0.1) is 0 Å². The van der Waals surface area contributed by atoms with Gasteiger partial charge in [0, 0.05) is 0 Å². The highest BCUT2D eigenvalue weighted by Crippen LogP contribution is 2.35. The van der Waals surface area contributed by atoms with Crippen molar-refractivity contribution in [2.24, 2.45) is 5.84 Å². The van der Waals surface area contributed by atoms with Crippen molar-refractivity contribution in [3.05, 3.63) is 48.0 Å². The molecule has 0 saturated carbocycles. The molecule has 0 saturated heterocycles. The summed E-state index contributed by atoms with van der Waals surface area (Å²) in [6.07, 6.45) is 0. The van der Waals surface area contributed by atoms with Crippen molar-refractivity contribution in [3.63, 3.8) is 0 Å². The molecule has 0 spiro atoms. The Morgan fingerprint density at radius 1 is 1.21 bits per heavy atom. The second-order valence-electron chi connectivity index (χ2n) is 3.91. The molecule has 0 heterocycles. The molecule has 0 radical (unpaired) electrons. The standard InChI is InChI=1S/C14H14N2O3/c1-19-12-8-10(9-5-3-2-4-6-9)7-11(13(12)17)14(18)16-15/h2-8,17H,15H2,1H3,(H,16,18). The summed E-state index contributed by atoms with van der Waals surface area (Å²) in [6.45, 7) is 0. The zero-order valence-corrected chi connectivity index (χ0v) is 10.4. The van der Waals surface area contributed by atoms with Crippen LogP contribution in [0.15, 0.2) is 42.5 Å². The van der Waals surface area contributed by atoms with Crippen molar-refractivity contribution in [1.82, 2.24) is 5.43 Å². The van der Waals surface area contributed by atoms with Crippen LogP contribution >= 0.6 is 0 Å². The summed E-state index contributed by atoms with van der Waals surface area (Å²) in [5.74, 6) is 4.52. The minimum atomic E-state index is -0.575. The maximum Gasteiger partial charge on any atom is 0.269 e. The topological polar surface area (TPSA) is 84.6 Å². The van der Waals surface area contributed by atoms with Gasteiger partial charge in [-0.15, -0.1) is 0 Å². The van der Waals surface area contributed by atoms with E-state index in [1.165, 1.54) is 7.11 Å². The summed E-state index contributed by atoms with van der Waals surface area (Å²) in [6, 6.07) is 12.7.